The summed E-state index contributed by atoms with van der Waals surface area (Å²) in [6, 6.07) is 11.2. The first-order chi connectivity index (χ1) is 8.22. The first-order valence-electron chi connectivity index (χ1n) is 5.12. The van der Waals surface area contributed by atoms with Crippen LogP contribution in [0.3, 0.4) is 0 Å². The molecule has 0 N–H and O–H groups in total. The molecule has 0 aliphatic carbocycles. The Balaban J connectivity index is 2.14. The van der Waals surface area contributed by atoms with E-state index >= 15 is 0 Å². The van der Waals surface area contributed by atoms with Crippen molar-refractivity contribution in [3.63, 3.8) is 0 Å². The van der Waals surface area contributed by atoms with Crippen LogP contribution in [0.25, 0.3) is 16.9 Å². The van der Waals surface area contributed by atoms with E-state index in [1.807, 2.05) is 30.5 Å². The average Bonchev–Trinajstić information content (AvgIpc) is 2.72. The van der Waals surface area contributed by atoms with Crippen molar-refractivity contribution in [3.8, 4) is 11.3 Å². The summed E-state index contributed by atoms with van der Waals surface area (Å²) in [6.07, 6.45) is 3.26. The van der Waals surface area contributed by atoms with Gasteiger partial charge in [-0.15, -0.1) is 0 Å². The Bertz CT molecular complexity index is 673. The molecule has 2 aromatic heterocycles. The van der Waals surface area contributed by atoms with E-state index in [1.165, 1.54) is 15.8 Å². The van der Waals surface area contributed by atoms with Gasteiger partial charge in [0.25, 0.3) is 0 Å². The van der Waals surface area contributed by atoms with E-state index in [-0.39, 0.29) is 5.82 Å². The minimum Gasteiger partial charge on any atom is -0.304 e. The third-order valence-corrected chi connectivity index (χ3v) is 3.27. The molecule has 0 spiro atoms. The molecule has 3 rings (SSSR count). The monoisotopic (exact) mass is 338 g/mol. The summed E-state index contributed by atoms with van der Waals surface area (Å²) in [5, 5.41) is 0. The Kier molecular flexibility index (Phi) is 2.58. The summed E-state index contributed by atoms with van der Waals surface area (Å²) in [7, 11) is 0. The molecule has 17 heavy (non-hydrogen) atoms. The zero-order valence-corrected chi connectivity index (χ0v) is 10.9. The highest BCUT2D eigenvalue weighted by Gasteiger charge is 2.04. The molecule has 4 heteroatoms. The van der Waals surface area contributed by atoms with Crippen LogP contribution < -0.4 is 0 Å². The van der Waals surface area contributed by atoms with E-state index in [0.717, 1.165) is 16.9 Å². The van der Waals surface area contributed by atoms with Crippen LogP contribution in [-0.4, -0.2) is 9.38 Å². The second-order valence-corrected chi connectivity index (χ2v) is 4.99. The number of hydrogen-bond donors (Lipinski definition) is 0. The van der Waals surface area contributed by atoms with Crippen molar-refractivity contribution >= 4 is 28.2 Å². The highest BCUT2D eigenvalue weighted by Crippen LogP contribution is 2.20. The maximum Gasteiger partial charge on any atom is 0.139 e. The average molecular weight is 338 g/mol. The summed E-state index contributed by atoms with van der Waals surface area (Å²) in [6.45, 7) is 0. The van der Waals surface area contributed by atoms with Crippen molar-refractivity contribution in [3.05, 3.63) is 58.2 Å². The summed E-state index contributed by atoms with van der Waals surface area (Å²) in [5.74, 6) is -0.260. The van der Waals surface area contributed by atoms with Gasteiger partial charge in [-0.1, -0.05) is 12.1 Å². The predicted molar refractivity (Wildman–Crippen MR) is 73.3 cm³/mol. The van der Waals surface area contributed by atoms with Crippen molar-refractivity contribution < 1.29 is 4.39 Å². The number of aromatic nitrogens is 2. The van der Waals surface area contributed by atoms with Crippen LogP contribution in [0.5, 0.6) is 0 Å². The van der Waals surface area contributed by atoms with E-state index < -0.39 is 0 Å². The highest BCUT2D eigenvalue weighted by atomic mass is 127. The number of nitrogens with zero attached hydrogens (tertiary/aromatic N) is 2. The van der Waals surface area contributed by atoms with Crippen LogP contribution in [0.1, 0.15) is 0 Å². The molecule has 3 aromatic rings. The summed E-state index contributed by atoms with van der Waals surface area (Å²) < 4.78 is 15.9. The molecule has 0 fully saturated rings. The number of imidazole rings is 1. The molecule has 2 heterocycles. The van der Waals surface area contributed by atoms with Gasteiger partial charge in [0.05, 0.1) is 5.69 Å². The Hall–Kier alpha value is -1.43. The molecule has 0 bridgehead atoms. The van der Waals surface area contributed by atoms with Crippen LogP contribution in [0.2, 0.25) is 0 Å². The minimum atomic E-state index is -0.260. The molecule has 0 radical (unpaired) electrons. The molecule has 0 aliphatic heterocycles. The number of fused-ring (bicyclic) bond motifs is 1. The fraction of sp³-hybridized carbons (Fsp3) is 0. The fourth-order valence-corrected chi connectivity index (χ4v) is 2.08. The zero-order valence-electron chi connectivity index (χ0n) is 8.77. The quantitative estimate of drug-likeness (QED) is 0.618. The van der Waals surface area contributed by atoms with Gasteiger partial charge >= 0.3 is 0 Å². The number of halogens is 2. The van der Waals surface area contributed by atoms with E-state index in [9.17, 15) is 4.39 Å². The molecular weight excluding hydrogens is 330 g/mol. The van der Waals surface area contributed by atoms with Gasteiger partial charge in [-0.3, -0.25) is 0 Å². The van der Waals surface area contributed by atoms with Crippen molar-refractivity contribution in [2.75, 3.05) is 0 Å². The molecule has 0 unspecified atom stereocenters. The second kappa shape index (κ2) is 4.10. The summed E-state index contributed by atoms with van der Waals surface area (Å²) >= 11 is 2.26. The maximum absolute atomic E-state index is 13.1. The van der Waals surface area contributed by atoms with Crippen LogP contribution in [0.4, 0.5) is 4.39 Å². The molecule has 0 saturated heterocycles. The highest BCUT2D eigenvalue weighted by molar-refractivity contribution is 14.1. The first-order valence-corrected chi connectivity index (χ1v) is 6.20. The number of rotatable bonds is 1. The Morgan fingerprint density at radius 3 is 2.53 bits per heavy atom. The van der Waals surface area contributed by atoms with Gasteiger partial charge in [0.15, 0.2) is 0 Å². The van der Waals surface area contributed by atoms with E-state index in [4.69, 9.17) is 0 Å². The minimum absolute atomic E-state index is 0.260. The van der Waals surface area contributed by atoms with Crippen molar-refractivity contribution in [2.24, 2.45) is 0 Å². The molecule has 0 saturated carbocycles. The Morgan fingerprint density at radius 2 is 1.76 bits per heavy atom. The third kappa shape index (κ3) is 2.04. The third-order valence-electron chi connectivity index (χ3n) is 2.55. The lowest BCUT2D eigenvalue weighted by atomic mass is 10.2. The molecule has 1 aromatic carbocycles. The van der Waals surface area contributed by atoms with Crippen LogP contribution in [-0.2, 0) is 0 Å². The SMILES string of the molecule is Fc1ccc2nc(-c3ccc(I)cc3)cn2c1. The van der Waals surface area contributed by atoms with Gasteiger partial charge in [-0.2, -0.15) is 0 Å². The van der Waals surface area contributed by atoms with E-state index in [0.29, 0.717) is 0 Å². The molecule has 2 nitrogen and oxygen atoms in total. The molecule has 0 amide bonds. The van der Waals surface area contributed by atoms with Gasteiger partial charge in [-0.25, -0.2) is 9.37 Å². The molecular formula is C13H8FIN2. The van der Waals surface area contributed by atoms with Gasteiger partial charge in [0, 0.05) is 21.5 Å². The number of pyridine rings is 1. The van der Waals surface area contributed by atoms with Gasteiger partial charge in [0.1, 0.15) is 11.5 Å². The standard InChI is InChI=1S/C13H8FIN2/c14-10-3-6-13-16-12(8-17(13)7-10)9-1-4-11(15)5-2-9/h1-8H. The fourth-order valence-electron chi connectivity index (χ4n) is 1.72. The smallest absolute Gasteiger partial charge is 0.139 e. The first kappa shape index (κ1) is 10.7. The largest absolute Gasteiger partial charge is 0.304 e. The Morgan fingerprint density at radius 1 is 1.00 bits per heavy atom. The molecule has 0 aliphatic rings. The zero-order chi connectivity index (χ0) is 11.8. The maximum atomic E-state index is 13.1. The van der Waals surface area contributed by atoms with Crippen molar-refractivity contribution in [2.45, 2.75) is 0 Å². The lowest BCUT2D eigenvalue weighted by molar-refractivity contribution is 0.619. The second-order valence-electron chi connectivity index (χ2n) is 3.75. The van der Waals surface area contributed by atoms with Gasteiger partial charge < -0.3 is 4.40 Å². The topological polar surface area (TPSA) is 17.3 Å². The number of hydrogen-bond acceptors (Lipinski definition) is 1. The Labute approximate surface area is 111 Å². The van der Waals surface area contributed by atoms with Crippen LogP contribution in [0.15, 0.2) is 48.8 Å². The molecule has 84 valence electrons. The van der Waals surface area contributed by atoms with Crippen LogP contribution >= 0.6 is 22.6 Å². The van der Waals surface area contributed by atoms with Gasteiger partial charge in [-0.05, 0) is 46.9 Å². The van der Waals surface area contributed by atoms with E-state index in [2.05, 4.69) is 27.6 Å². The molecule has 0 atom stereocenters. The number of benzene rings is 1. The normalized spacial score (nSPS) is 10.9. The van der Waals surface area contributed by atoms with Crippen LogP contribution in [0, 0.1) is 9.39 Å². The van der Waals surface area contributed by atoms with Crippen molar-refractivity contribution in [1.82, 2.24) is 9.38 Å². The van der Waals surface area contributed by atoms with Gasteiger partial charge in [0.2, 0.25) is 0 Å². The lowest BCUT2D eigenvalue weighted by Crippen LogP contribution is -1.83. The summed E-state index contributed by atoms with van der Waals surface area (Å²) in [5.41, 5.74) is 2.64. The van der Waals surface area contributed by atoms with E-state index in [1.54, 1.807) is 10.5 Å². The lowest BCUT2D eigenvalue weighted by Gasteiger charge is -1.95. The summed E-state index contributed by atoms with van der Waals surface area (Å²) in [4.78, 5) is 4.45. The predicted octanol–water partition coefficient (Wildman–Crippen LogP) is 3.75. The van der Waals surface area contributed by atoms with Crippen molar-refractivity contribution in [1.29, 1.82) is 0 Å².